The van der Waals surface area contributed by atoms with Gasteiger partial charge in [-0.1, -0.05) is 30.3 Å². The molecule has 0 N–H and O–H groups in total. The third-order valence-corrected chi connectivity index (χ3v) is 2.65. The van der Waals surface area contributed by atoms with Crippen LogP contribution < -0.4 is 0 Å². The largest absolute Gasteiger partial charge is 2.00 e. The van der Waals surface area contributed by atoms with Crippen molar-refractivity contribution in [3.63, 3.8) is 0 Å². The Balaban J connectivity index is 0.000000243. The Labute approximate surface area is 135 Å². The van der Waals surface area contributed by atoms with Crippen molar-refractivity contribution in [3.8, 4) is 0 Å². The Kier molecular flexibility index (Phi) is 8.34. The molecule has 3 aromatic rings. The Morgan fingerprint density at radius 3 is 1.55 bits per heavy atom. The minimum absolute atomic E-state index is 0. The van der Waals surface area contributed by atoms with Crippen LogP contribution in [0.3, 0.4) is 0 Å². The van der Waals surface area contributed by atoms with Gasteiger partial charge >= 0.3 is 21.1 Å². The molecule has 0 unspecified atom stereocenters. The van der Waals surface area contributed by atoms with E-state index >= 15 is 0 Å². The molecule has 0 nitrogen and oxygen atoms in total. The summed E-state index contributed by atoms with van der Waals surface area (Å²) >= 11 is 0. The zero-order valence-electron chi connectivity index (χ0n) is 11.2. The Hall–Kier alpha value is -1.65. The van der Waals surface area contributed by atoms with Crippen LogP contribution >= 0.6 is 0 Å². The zero-order valence-corrected chi connectivity index (χ0v) is 14.1. The van der Waals surface area contributed by atoms with Crippen molar-refractivity contribution in [2.24, 2.45) is 0 Å². The van der Waals surface area contributed by atoms with Gasteiger partial charge in [0.15, 0.2) is 0 Å². The summed E-state index contributed by atoms with van der Waals surface area (Å²) in [5.41, 5.74) is 2.69. The molecular formula is C19H16W. The van der Waals surface area contributed by atoms with Crippen molar-refractivity contribution in [1.82, 2.24) is 0 Å². The van der Waals surface area contributed by atoms with Gasteiger partial charge in [0, 0.05) is 0 Å². The van der Waals surface area contributed by atoms with E-state index in [9.17, 15) is 0 Å². The Bertz CT molecular complexity index is 483. The van der Waals surface area contributed by atoms with Gasteiger partial charge in [-0.15, -0.1) is 0 Å². The third-order valence-electron chi connectivity index (χ3n) is 2.65. The molecule has 0 fully saturated rings. The molecule has 0 amide bonds. The molecule has 3 rings (SSSR count). The summed E-state index contributed by atoms with van der Waals surface area (Å²) in [6.45, 7) is 0. The van der Waals surface area contributed by atoms with Gasteiger partial charge in [0.25, 0.3) is 0 Å². The standard InChI is InChI=1S/C13H11.C6H5.W/c1-3-7-12(8-4-1)11-13-9-5-2-6-10-13;1-2-4-6-5-3-1;/h1,3-10H,11H2;1-5H;/q2*-1;+2. The summed E-state index contributed by atoms with van der Waals surface area (Å²) in [6.07, 6.45) is 1.01. The molecule has 0 saturated heterocycles. The maximum absolute atomic E-state index is 3.02. The number of hydrogen-bond donors (Lipinski definition) is 0. The molecule has 0 radical (unpaired) electrons. The van der Waals surface area contributed by atoms with Crippen LogP contribution in [0, 0.1) is 12.1 Å². The fourth-order valence-electron chi connectivity index (χ4n) is 1.71. The van der Waals surface area contributed by atoms with Gasteiger partial charge in [-0.05, 0) is 12.0 Å². The molecule has 0 heterocycles. The molecule has 0 aliphatic rings. The maximum Gasteiger partial charge on any atom is 2.00 e. The SMILES string of the molecule is [W+2].[c-]1ccc(Cc2ccccc2)cc1.[c-]1ccccc1. The predicted octanol–water partition coefficient (Wildman–Crippen LogP) is 4.56. The van der Waals surface area contributed by atoms with Gasteiger partial charge in [0.05, 0.1) is 0 Å². The summed E-state index contributed by atoms with van der Waals surface area (Å²) in [5, 5.41) is 0. The molecule has 0 spiro atoms. The Morgan fingerprint density at radius 1 is 0.550 bits per heavy atom. The first-order valence-electron chi connectivity index (χ1n) is 6.35. The van der Waals surface area contributed by atoms with Crippen LogP contribution in [0.25, 0.3) is 0 Å². The second kappa shape index (κ2) is 10.2. The summed E-state index contributed by atoms with van der Waals surface area (Å²) < 4.78 is 0. The average molecular weight is 428 g/mol. The smallest absolute Gasteiger partial charge is 0.184 e. The summed E-state index contributed by atoms with van der Waals surface area (Å²) in [7, 11) is 0. The molecular weight excluding hydrogens is 412 g/mol. The first kappa shape index (κ1) is 16.4. The van der Waals surface area contributed by atoms with Crippen molar-refractivity contribution < 1.29 is 21.1 Å². The third kappa shape index (κ3) is 6.50. The quantitative estimate of drug-likeness (QED) is 0.526. The molecule has 3 aromatic carbocycles. The first-order valence-corrected chi connectivity index (χ1v) is 6.35. The molecule has 0 saturated carbocycles. The molecule has 0 aliphatic carbocycles. The number of benzene rings is 3. The molecule has 1 heteroatoms. The van der Waals surface area contributed by atoms with Gasteiger partial charge < -0.3 is 0 Å². The fourth-order valence-corrected chi connectivity index (χ4v) is 1.71. The summed E-state index contributed by atoms with van der Waals surface area (Å²) in [6, 6.07) is 34.1. The predicted molar refractivity (Wildman–Crippen MR) is 79.8 cm³/mol. The van der Waals surface area contributed by atoms with Crippen molar-refractivity contribution in [3.05, 3.63) is 108 Å². The monoisotopic (exact) mass is 428 g/mol. The molecule has 0 bridgehead atoms. The van der Waals surface area contributed by atoms with Gasteiger partial charge in [-0.3, -0.25) is 0 Å². The summed E-state index contributed by atoms with van der Waals surface area (Å²) in [5.74, 6) is 0. The molecule has 20 heavy (non-hydrogen) atoms. The van der Waals surface area contributed by atoms with E-state index in [1.807, 2.05) is 48.5 Å². The average Bonchev–Trinajstić information content (AvgIpc) is 2.52. The first-order chi connectivity index (χ1) is 9.45. The van der Waals surface area contributed by atoms with Crippen molar-refractivity contribution in [2.75, 3.05) is 0 Å². The van der Waals surface area contributed by atoms with E-state index in [0.29, 0.717) is 0 Å². The minimum atomic E-state index is 0. The van der Waals surface area contributed by atoms with E-state index in [1.54, 1.807) is 0 Å². The van der Waals surface area contributed by atoms with E-state index in [4.69, 9.17) is 0 Å². The van der Waals surface area contributed by atoms with E-state index in [-0.39, 0.29) is 21.1 Å². The molecule has 0 aromatic heterocycles. The Morgan fingerprint density at radius 2 is 1.05 bits per heavy atom. The van der Waals surface area contributed by atoms with Gasteiger partial charge in [0.1, 0.15) is 0 Å². The molecule has 0 atom stereocenters. The van der Waals surface area contributed by atoms with Gasteiger partial charge in [-0.2, -0.15) is 72.3 Å². The maximum atomic E-state index is 3.02. The fraction of sp³-hybridized carbons (Fsp3) is 0.0526. The van der Waals surface area contributed by atoms with E-state index in [1.165, 1.54) is 11.1 Å². The van der Waals surface area contributed by atoms with Crippen LogP contribution in [0.15, 0.2) is 84.9 Å². The second-order valence-corrected chi connectivity index (χ2v) is 4.15. The van der Waals surface area contributed by atoms with Gasteiger partial charge in [0.2, 0.25) is 0 Å². The van der Waals surface area contributed by atoms with E-state index in [2.05, 4.69) is 48.5 Å². The van der Waals surface area contributed by atoms with Crippen LogP contribution in [0.5, 0.6) is 0 Å². The second-order valence-electron chi connectivity index (χ2n) is 4.15. The van der Waals surface area contributed by atoms with E-state index < -0.39 is 0 Å². The van der Waals surface area contributed by atoms with Crippen molar-refractivity contribution in [2.45, 2.75) is 6.42 Å². The summed E-state index contributed by atoms with van der Waals surface area (Å²) in [4.78, 5) is 0. The van der Waals surface area contributed by atoms with E-state index in [0.717, 1.165) is 6.42 Å². The molecule has 0 aliphatic heterocycles. The topological polar surface area (TPSA) is 0 Å². The van der Waals surface area contributed by atoms with Crippen molar-refractivity contribution >= 4 is 0 Å². The van der Waals surface area contributed by atoms with Crippen LogP contribution in [0.2, 0.25) is 0 Å². The number of rotatable bonds is 2. The number of hydrogen-bond acceptors (Lipinski definition) is 0. The van der Waals surface area contributed by atoms with Crippen LogP contribution in [0.4, 0.5) is 0 Å². The van der Waals surface area contributed by atoms with Gasteiger partial charge in [-0.25, -0.2) is 0 Å². The van der Waals surface area contributed by atoms with Crippen molar-refractivity contribution in [1.29, 1.82) is 0 Å². The van der Waals surface area contributed by atoms with Crippen LogP contribution in [0.1, 0.15) is 11.1 Å². The normalized spacial score (nSPS) is 8.80. The molecule has 98 valence electrons. The van der Waals surface area contributed by atoms with Crippen LogP contribution in [-0.2, 0) is 27.5 Å². The van der Waals surface area contributed by atoms with Crippen LogP contribution in [-0.4, -0.2) is 0 Å². The minimum Gasteiger partial charge on any atom is -0.184 e. The zero-order chi connectivity index (χ0) is 13.2.